The molecule has 3 aromatic rings. The van der Waals surface area contributed by atoms with E-state index in [9.17, 15) is 13.2 Å². The van der Waals surface area contributed by atoms with Gasteiger partial charge in [-0.05, 0) is 19.1 Å². The number of fused-ring (bicyclic) bond motifs is 1. The van der Waals surface area contributed by atoms with Crippen LogP contribution in [0.15, 0.2) is 29.8 Å². The summed E-state index contributed by atoms with van der Waals surface area (Å²) in [5, 5.41) is 0. The zero-order valence-electron chi connectivity index (χ0n) is 12.1. The monoisotopic (exact) mass is 339 g/mol. The van der Waals surface area contributed by atoms with Gasteiger partial charge in [0.15, 0.2) is 0 Å². The Morgan fingerprint density at radius 2 is 1.83 bits per heavy atom. The molecule has 8 heteroatoms. The molecule has 0 N–H and O–H groups in total. The van der Waals surface area contributed by atoms with E-state index in [4.69, 9.17) is 4.74 Å². The molecule has 0 saturated carbocycles. The molecule has 4 nitrogen and oxygen atoms in total. The second-order valence-electron chi connectivity index (χ2n) is 4.82. The Kier molecular flexibility index (Phi) is 4.16. The molecule has 3 rings (SSSR count). The third-order valence-corrected chi connectivity index (χ3v) is 4.21. The van der Waals surface area contributed by atoms with E-state index in [0.29, 0.717) is 11.9 Å². The number of rotatable bonds is 4. The van der Waals surface area contributed by atoms with Gasteiger partial charge in [-0.25, -0.2) is 15.0 Å². The van der Waals surface area contributed by atoms with Crippen LogP contribution < -0.4 is 4.74 Å². The van der Waals surface area contributed by atoms with Crippen molar-refractivity contribution >= 4 is 22.4 Å². The fourth-order valence-corrected chi connectivity index (χ4v) is 2.84. The maximum atomic E-state index is 13.2. The topological polar surface area (TPSA) is 47.9 Å². The molecule has 2 heterocycles. The van der Waals surface area contributed by atoms with Crippen molar-refractivity contribution in [3.05, 3.63) is 46.0 Å². The molecule has 23 heavy (non-hydrogen) atoms. The first-order chi connectivity index (χ1) is 10.9. The number of thiazole rings is 1. The Morgan fingerprint density at radius 3 is 2.43 bits per heavy atom. The molecule has 0 aliphatic carbocycles. The molecule has 0 unspecified atom stereocenters. The highest BCUT2D eigenvalue weighted by atomic mass is 32.1. The van der Waals surface area contributed by atoms with Gasteiger partial charge in [0.1, 0.15) is 0 Å². The maximum Gasteiger partial charge on any atom is 0.438 e. The summed E-state index contributed by atoms with van der Waals surface area (Å²) in [5.41, 5.74) is 2.01. The molecule has 2 aromatic heterocycles. The molecule has 0 spiro atoms. The van der Waals surface area contributed by atoms with Crippen molar-refractivity contribution in [1.29, 1.82) is 0 Å². The predicted octanol–water partition coefficient (Wildman–Crippen LogP) is 4.04. The minimum Gasteiger partial charge on any atom is -0.476 e. The molecule has 0 aliphatic heterocycles. The van der Waals surface area contributed by atoms with E-state index in [0.717, 1.165) is 10.6 Å². The van der Waals surface area contributed by atoms with Crippen molar-refractivity contribution in [1.82, 2.24) is 15.0 Å². The van der Waals surface area contributed by atoms with Gasteiger partial charge in [0.2, 0.25) is 11.6 Å². The van der Waals surface area contributed by atoms with E-state index < -0.39 is 17.8 Å². The van der Waals surface area contributed by atoms with Crippen LogP contribution in [0.4, 0.5) is 13.2 Å². The van der Waals surface area contributed by atoms with Crippen molar-refractivity contribution in [2.75, 3.05) is 6.61 Å². The fourth-order valence-electron chi connectivity index (χ4n) is 2.08. The Balaban J connectivity index is 1.87. The van der Waals surface area contributed by atoms with Gasteiger partial charge in [0, 0.05) is 11.3 Å². The molecule has 0 aliphatic rings. The average molecular weight is 339 g/mol. The third kappa shape index (κ3) is 3.42. The molecule has 0 amide bonds. The van der Waals surface area contributed by atoms with Crippen molar-refractivity contribution in [3.63, 3.8) is 0 Å². The van der Waals surface area contributed by atoms with Crippen LogP contribution in [0.1, 0.15) is 16.3 Å². The van der Waals surface area contributed by atoms with Gasteiger partial charge in [0.25, 0.3) is 0 Å². The molecule has 0 fully saturated rings. The molecule has 120 valence electrons. The van der Waals surface area contributed by atoms with E-state index in [1.54, 1.807) is 23.7 Å². The SMILES string of the molecule is Cc1ncsc1CCOc1nc2ccccc2nc1C(F)(F)F. The summed E-state index contributed by atoms with van der Waals surface area (Å²) in [6.07, 6.45) is -4.14. The third-order valence-electron chi connectivity index (χ3n) is 3.22. The van der Waals surface area contributed by atoms with Crippen LogP contribution in [-0.4, -0.2) is 21.6 Å². The second kappa shape index (κ2) is 6.11. The van der Waals surface area contributed by atoms with E-state index in [-0.39, 0.29) is 12.1 Å². The lowest BCUT2D eigenvalue weighted by Crippen LogP contribution is -2.14. The lowest BCUT2D eigenvalue weighted by molar-refractivity contribution is -0.142. The summed E-state index contributed by atoms with van der Waals surface area (Å²) in [6.45, 7) is 1.93. The molecule has 1 aromatic carbocycles. The zero-order chi connectivity index (χ0) is 16.4. The van der Waals surface area contributed by atoms with Crippen LogP contribution in [0.2, 0.25) is 0 Å². The summed E-state index contributed by atoms with van der Waals surface area (Å²) in [4.78, 5) is 12.7. The average Bonchev–Trinajstić information content (AvgIpc) is 2.91. The number of nitrogens with zero attached hydrogens (tertiary/aromatic N) is 3. The van der Waals surface area contributed by atoms with Gasteiger partial charge in [-0.15, -0.1) is 11.3 Å². The van der Waals surface area contributed by atoms with E-state index >= 15 is 0 Å². The number of hydrogen-bond donors (Lipinski definition) is 0. The molecule has 0 bridgehead atoms. The van der Waals surface area contributed by atoms with Crippen LogP contribution in [-0.2, 0) is 12.6 Å². The highest BCUT2D eigenvalue weighted by Gasteiger charge is 2.38. The molecule has 0 radical (unpaired) electrons. The van der Waals surface area contributed by atoms with Crippen molar-refractivity contribution in [3.8, 4) is 5.88 Å². The van der Waals surface area contributed by atoms with Crippen LogP contribution in [0.3, 0.4) is 0 Å². The van der Waals surface area contributed by atoms with E-state index in [1.807, 2.05) is 6.92 Å². The minimum atomic E-state index is -4.62. The number of aromatic nitrogens is 3. The maximum absolute atomic E-state index is 13.2. The van der Waals surface area contributed by atoms with Crippen LogP contribution in [0.25, 0.3) is 11.0 Å². The smallest absolute Gasteiger partial charge is 0.438 e. The summed E-state index contributed by atoms with van der Waals surface area (Å²) >= 11 is 1.45. The largest absolute Gasteiger partial charge is 0.476 e. The minimum absolute atomic E-state index is 0.0825. The first-order valence-corrected chi connectivity index (χ1v) is 7.69. The fraction of sp³-hybridized carbons (Fsp3) is 0.267. The van der Waals surface area contributed by atoms with Crippen LogP contribution in [0, 0.1) is 6.92 Å². The lowest BCUT2D eigenvalue weighted by Gasteiger charge is -2.13. The molecular formula is C15H12F3N3OS. The van der Waals surface area contributed by atoms with E-state index in [2.05, 4.69) is 15.0 Å². The second-order valence-corrected chi connectivity index (χ2v) is 5.76. The highest BCUT2D eigenvalue weighted by Crippen LogP contribution is 2.34. The number of aryl methyl sites for hydroxylation is 1. The van der Waals surface area contributed by atoms with Gasteiger partial charge in [-0.2, -0.15) is 13.2 Å². The first-order valence-electron chi connectivity index (χ1n) is 6.81. The Bertz CT molecular complexity index is 832. The van der Waals surface area contributed by atoms with Crippen LogP contribution >= 0.6 is 11.3 Å². The number of benzene rings is 1. The Hall–Kier alpha value is -2.22. The predicted molar refractivity (Wildman–Crippen MR) is 80.6 cm³/mol. The van der Waals surface area contributed by atoms with Crippen molar-refractivity contribution in [2.24, 2.45) is 0 Å². The molecule has 0 saturated heterocycles. The Labute approximate surface area is 134 Å². The summed E-state index contributed by atoms with van der Waals surface area (Å²) in [7, 11) is 0. The molecule has 0 atom stereocenters. The quantitative estimate of drug-likeness (QED) is 0.720. The standard InChI is InChI=1S/C15H12F3N3OS/c1-9-12(23-8-19-9)6-7-22-14-13(15(16,17)18)20-10-4-2-3-5-11(10)21-14/h2-5,8H,6-7H2,1H3. The van der Waals surface area contributed by atoms with Crippen LogP contribution in [0.5, 0.6) is 5.88 Å². The number of ether oxygens (including phenoxy) is 1. The number of halogens is 3. The van der Waals surface area contributed by atoms with Gasteiger partial charge < -0.3 is 4.74 Å². The van der Waals surface area contributed by atoms with Crippen molar-refractivity contribution < 1.29 is 17.9 Å². The molecular weight excluding hydrogens is 327 g/mol. The van der Waals surface area contributed by atoms with Gasteiger partial charge >= 0.3 is 6.18 Å². The van der Waals surface area contributed by atoms with Crippen molar-refractivity contribution in [2.45, 2.75) is 19.5 Å². The first kappa shape index (κ1) is 15.7. The van der Waals surface area contributed by atoms with Gasteiger partial charge in [-0.3, -0.25) is 0 Å². The number of hydrogen-bond acceptors (Lipinski definition) is 5. The van der Waals surface area contributed by atoms with Gasteiger partial charge in [0.05, 0.1) is 28.8 Å². The summed E-state index contributed by atoms with van der Waals surface area (Å²) in [6, 6.07) is 6.39. The summed E-state index contributed by atoms with van der Waals surface area (Å²) < 4.78 is 44.7. The normalized spacial score (nSPS) is 11.8. The summed E-state index contributed by atoms with van der Waals surface area (Å²) in [5.74, 6) is -0.488. The highest BCUT2D eigenvalue weighted by molar-refractivity contribution is 7.09. The number of para-hydroxylation sites is 2. The lowest BCUT2D eigenvalue weighted by atomic mass is 10.3. The number of alkyl halides is 3. The zero-order valence-corrected chi connectivity index (χ0v) is 12.9. The van der Waals surface area contributed by atoms with E-state index in [1.165, 1.54) is 17.4 Å². The van der Waals surface area contributed by atoms with Gasteiger partial charge in [-0.1, -0.05) is 12.1 Å². The Morgan fingerprint density at radius 1 is 1.13 bits per heavy atom.